The van der Waals surface area contributed by atoms with Crippen LogP contribution in [0.4, 0.5) is 5.69 Å². The minimum Gasteiger partial charge on any atom is -0.469 e. The van der Waals surface area contributed by atoms with Crippen molar-refractivity contribution in [2.75, 3.05) is 32.1 Å². The lowest BCUT2D eigenvalue weighted by atomic mass is 10.0. The van der Waals surface area contributed by atoms with Gasteiger partial charge in [0, 0.05) is 24.2 Å². The smallest absolute Gasteiger partial charge is 0.307 e. The number of ether oxygens (including phenoxy) is 1. The van der Waals surface area contributed by atoms with Crippen molar-refractivity contribution in [1.29, 1.82) is 0 Å². The molecule has 2 rings (SSSR count). The van der Waals surface area contributed by atoms with Gasteiger partial charge in [-0.05, 0) is 56.1 Å². The van der Waals surface area contributed by atoms with E-state index in [0.717, 1.165) is 25.9 Å². The lowest BCUT2D eigenvalue weighted by Gasteiger charge is -2.09. The summed E-state index contributed by atoms with van der Waals surface area (Å²) >= 11 is 0. The van der Waals surface area contributed by atoms with E-state index in [1.807, 2.05) is 0 Å². The minimum atomic E-state index is -0.369. The van der Waals surface area contributed by atoms with E-state index in [1.54, 1.807) is 24.3 Å². The number of halogens is 1. The van der Waals surface area contributed by atoms with Gasteiger partial charge in [-0.15, -0.1) is 12.4 Å². The van der Waals surface area contributed by atoms with Gasteiger partial charge in [0.2, 0.25) is 5.91 Å². The maximum atomic E-state index is 12.0. The molecule has 2 amide bonds. The van der Waals surface area contributed by atoms with E-state index in [1.165, 1.54) is 7.11 Å². The Morgan fingerprint density at radius 2 is 1.92 bits per heavy atom. The average Bonchev–Trinajstić information content (AvgIpc) is 3.14. The number of benzene rings is 1. The molecular formula is C18H26ClN3O4. The SMILES string of the molecule is COC(=O)CCNC(=O)c1ccc(NC(=O)CCC2CCNC2)cc1.Cl. The maximum absolute atomic E-state index is 12.0. The molecule has 1 aromatic carbocycles. The topological polar surface area (TPSA) is 96.5 Å². The van der Waals surface area contributed by atoms with Crippen LogP contribution in [0.5, 0.6) is 0 Å². The molecule has 0 radical (unpaired) electrons. The van der Waals surface area contributed by atoms with Crippen molar-refractivity contribution in [3.05, 3.63) is 29.8 Å². The molecule has 3 N–H and O–H groups in total. The van der Waals surface area contributed by atoms with Gasteiger partial charge in [-0.25, -0.2) is 0 Å². The highest BCUT2D eigenvalue weighted by Gasteiger charge is 2.15. The van der Waals surface area contributed by atoms with Gasteiger partial charge in [-0.1, -0.05) is 0 Å². The van der Waals surface area contributed by atoms with Crippen molar-refractivity contribution in [3.8, 4) is 0 Å². The van der Waals surface area contributed by atoms with Gasteiger partial charge in [0.05, 0.1) is 13.5 Å². The molecule has 1 atom stereocenters. The van der Waals surface area contributed by atoms with Gasteiger partial charge in [-0.2, -0.15) is 0 Å². The summed E-state index contributed by atoms with van der Waals surface area (Å²) < 4.78 is 4.51. The van der Waals surface area contributed by atoms with Gasteiger partial charge in [-0.3, -0.25) is 14.4 Å². The van der Waals surface area contributed by atoms with E-state index < -0.39 is 0 Å². The standard InChI is InChI=1S/C18H25N3O4.ClH/c1-25-17(23)9-11-20-18(24)14-3-5-15(6-4-14)21-16(22)7-2-13-8-10-19-12-13;/h3-6,13,19H,2,7-12H2,1H3,(H,20,24)(H,21,22);1H. The number of carbonyl (C=O) groups excluding carboxylic acids is 3. The second-order valence-corrected chi connectivity index (χ2v) is 6.11. The van der Waals surface area contributed by atoms with Crippen LogP contribution in [0, 0.1) is 5.92 Å². The third kappa shape index (κ3) is 7.41. The van der Waals surface area contributed by atoms with Crippen molar-refractivity contribution < 1.29 is 19.1 Å². The normalized spacial score (nSPS) is 15.7. The highest BCUT2D eigenvalue weighted by atomic mass is 35.5. The molecule has 0 spiro atoms. The van der Waals surface area contributed by atoms with E-state index in [9.17, 15) is 14.4 Å². The molecule has 1 aliphatic heterocycles. The van der Waals surface area contributed by atoms with Gasteiger partial charge in [0.1, 0.15) is 0 Å². The minimum absolute atomic E-state index is 0. The molecule has 1 aromatic rings. The Hall–Kier alpha value is -2.12. The van der Waals surface area contributed by atoms with Crippen LogP contribution in [-0.4, -0.2) is 44.5 Å². The first-order chi connectivity index (χ1) is 12.1. The summed E-state index contributed by atoms with van der Waals surface area (Å²) in [5, 5.41) is 8.78. The molecule has 0 saturated carbocycles. The Balaban J connectivity index is 0.00000338. The molecule has 7 nitrogen and oxygen atoms in total. The highest BCUT2D eigenvalue weighted by molar-refractivity contribution is 5.95. The molecule has 1 aliphatic rings. The molecule has 26 heavy (non-hydrogen) atoms. The monoisotopic (exact) mass is 383 g/mol. The Labute approximate surface area is 159 Å². The summed E-state index contributed by atoms with van der Waals surface area (Å²) in [6, 6.07) is 6.68. The zero-order chi connectivity index (χ0) is 18.1. The Morgan fingerprint density at radius 3 is 2.54 bits per heavy atom. The molecule has 1 fully saturated rings. The predicted molar refractivity (Wildman–Crippen MR) is 101 cm³/mol. The van der Waals surface area contributed by atoms with E-state index in [0.29, 0.717) is 23.6 Å². The van der Waals surface area contributed by atoms with Gasteiger partial charge in [0.25, 0.3) is 5.91 Å². The molecule has 1 saturated heterocycles. The fourth-order valence-electron chi connectivity index (χ4n) is 2.71. The van der Waals surface area contributed by atoms with Gasteiger partial charge < -0.3 is 20.7 Å². The summed E-state index contributed by atoms with van der Waals surface area (Å²) in [7, 11) is 1.31. The van der Waals surface area contributed by atoms with Gasteiger partial charge >= 0.3 is 5.97 Å². The first kappa shape index (κ1) is 21.9. The fourth-order valence-corrected chi connectivity index (χ4v) is 2.71. The van der Waals surface area contributed by atoms with Gasteiger partial charge in [0.15, 0.2) is 0 Å². The molecule has 0 aliphatic carbocycles. The van der Waals surface area contributed by atoms with Crippen LogP contribution in [0.25, 0.3) is 0 Å². The fraction of sp³-hybridized carbons (Fsp3) is 0.500. The van der Waals surface area contributed by atoms with Crippen molar-refractivity contribution >= 4 is 35.9 Å². The van der Waals surface area contributed by atoms with Crippen LogP contribution in [0.3, 0.4) is 0 Å². The summed E-state index contributed by atoms with van der Waals surface area (Å²) in [5.74, 6) is -0.0637. The molecule has 8 heteroatoms. The molecule has 1 unspecified atom stereocenters. The summed E-state index contributed by atoms with van der Waals surface area (Å²) in [4.78, 5) is 34.9. The number of hydrogen-bond donors (Lipinski definition) is 3. The zero-order valence-electron chi connectivity index (χ0n) is 14.9. The number of carbonyl (C=O) groups is 3. The molecular weight excluding hydrogens is 358 g/mol. The highest BCUT2D eigenvalue weighted by Crippen LogP contribution is 2.15. The van der Waals surface area contributed by atoms with Crippen molar-refractivity contribution in [2.45, 2.75) is 25.7 Å². The van der Waals surface area contributed by atoms with Crippen LogP contribution in [0.1, 0.15) is 36.0 Å². The third-order valence-electron chi connectivity index (χ3n) is 4.22. The predicted octanol–water partition coefficient (Wildman–Crippen LogP) is 1.73. The van der Waals surface area contributed by atoms with E-state index in [2.05, 4.69) is 20.7 Å². The number of methoxy groups -OCH3 is 1. The number of amides is 2. The Kier molecular flexibility index (Phi) is 9.69. The summed E-state index contributed by atoms with van der Waals surface area (Å²) in [5.41, 5.74) is 1.14. The Morgan fingerprint density at radius 1 is 1.19 bits per heavy atom. The molecule has 1 heterocycles. The van der Waals surface area contributed by atoms with Crippen LogP contribution in [0.2, 0.25) is 0 Å². The molecule has 0 bridgehead atoms. The lowest BCUT2D eigenvalue weighted by molar-refractivity contribution is -0.140. The summed E-state index contributed by atoms with van der Waals surface area (Å²) in [6.45, 7) is 2.25. The number of hydrogen-bond acceptors (Lipinski definition) is 5. The largest absolute Gasteiger partial charge is 0.469 e. The van der Waals surface area contributed by atoms with Crippen molar-refractivity contribution in [2.24, 2.45) is 5.92 Å². The zero-order valence-corrected chi connectivity index (χ0v) is 15.7. The number of anilines is 1. The first-order valence-corrected chi connectivity index (χ1v) is 8.54. The van der Waals surface area contributed by atoms with E-state index in [-0.39, 0.29) is 43.2 Å². The first-order valence-electron chi connectivity index (χ1n) is 8.54. The number of esters is 1. The second-order valence-electron chi connectivity index (χ2n) is 6.11. The lowest BCUT2D eigenvalue weighted by Crippen LogP contribution is -2.26. The molecule has 0 aromatic heterocycles. The average molecular weight is 384 g/mol. The van der Waals surface area contributed by atoms with Crippen LogP contribution in [-0.2, 0) is 14.3 Å². The Bertz CT molecular complexity index is 601. The van der Waals surface area contributed by atoms with Crippen molar-refractivity contribution in [1.82, 2.24) is 10.6 Å². The van der Waals surface area contributed by atoms with E-state index in [4.69, 9.17) is 0 Å². The second kappa shape index (κ2) is 11.5. The van der Waals surface area contributed by atoms with Crippen molar-refractivity contribution in [3.63, 3.8) is 0 Å². The quantitative estimate of drug-likeness (QED) is 0.594. The summed E-state index contributed by atoms with van der Waals surface area (Å²) in [6.07, 6.45) is 2.65. The number of rotatable bonds is 8. The maximum Gasteiger partial charge on any atom is 0.307 e. The number of nitrogens with one attached hydrogen (secondary N) is 3. The van der Waals surface area contributed by atoms with Crippen LogP contribution >= 0.6 is 12.4 Å². The molecule has 144 valence electrons. The third-order valence-corrected chi connectivity index (χ3v) is 4.22. The van der Waals surface area contributed by atoms with E-state index >= 15 is 0 Å². The van der Waals surface area contributed by atoms with Crippen LogP contribution in [0.15, 0.2) is 24.3 Å². The van der Waals surface area contributed by atoms with Crippen LogP contribution < -0.4 is 16.0 Å².